The molecule has 0 saturated carbocycles. The van der Waals surface area contributed by atoms with Crippen molar-refractivity contribution in [3.8, 4) is 5.75 Å². The Balaban J connectivity index is 1.47. The minimum atomic E-state index is -0.567. The Hall–Kier alpha value is -4.51. The van der Waals surface area contributed by atoms with Crippen LogP contribution < -0.4 is 9.64 Å². The molecule has 0 N–H and O–H groups in total. The second-order valence-electron chi connectivity index (χ2n) is 7.15. The molecule has 4 rings (SSSR count). The number of halogens is 1. The largest absolute Gasteiger partial charge is 0.424 e. The van der Waals surface area contributed by atoms with Gasteiger partial charge in [0.1, 0.15) is 11.6 Å². The van der Waals surface area contributed by atoms with Gasteiger partial charge in [-0.3, -0.25) is 4.79 Å². The topological polar surface area (TPSA) is 46.6 Å². The van der Waals surface area contributed by atoms with Crippen molar-refractivity contribution < 1.29 is 18.7 Å². The molecule has 0 heterocycles. The first-order valence-corrected chi connectivity index (χ1v) is 10.3. The molecule has 33 heavy (non-hydrogen) atoms. The van der Waals surface area contributed by atoms with Crippen molar-refractivity contribution >= 4 is 29.3 Å². The Morgan fingerprint density at radius 2 is 1.24 bits per heavy atom. The summed E-state index contributed by atoms with van der Waals surface area (Å²) in [5, 5.41) is 0. The van der Waals surface area contributed by atoms with Crippen LogP contribution in [0.2, 0.25) is 0 Å². The van der Waals surface area contributed by atoms with E-state index >= 15 is 0 Å². The van der Waals surface area contributed by atoms with Gasteiger partial charge in [0.15, 0.2) is 5.78 Å². The lowest BCUT2D eigenvalue weighted by Crippen LogP contribution is -2.29. The number of allylic oxidation sites excluding steroid dienone is 1. The summed E-state index contributed by atoms with van der Waals surface area (Å²) in [6.45, 7) is 0. The molecule has 4 nitrogen and oxygen atoms in total. The third-order valence-electron chi connectivity index (χ3n) is 4.85. The molecule has 0 spiro atoms. The molecule has 0 aliphatic rings. The number of rotatable bonds is 6. The van der Waals surface area contributed by atoms with Crippen molar-refractivity contribution in [3.05, 3.63) is 132 Å². The van der Waals surface area contributed by atoms with Crippen LogP contribution in [0.3, 0.4) is 0 Å². The lowest BCUT2D eigenvalue weighted by Gasteiger charge is -2.22. The number of anilines is 2. The lowest BCUT2D eigenvalue weighted by molar-refractivity contribution is 0.104. The molecule has 0 unspecified atom stereocenters. The van der Waals surface area contributed by atoms with Crippen LogP contribution in [0.15, 0.2) is 115 Å². The molecule has 162 valence electrons. The molecule has 4 aromatic carbocycles. The third kappa shape index (κ3) is 5.60. The Kier molecular flexibility index (Phi) is 6.71. The summed E-state index contributed by atoms with van der Waals surface area (Å²) in [7, 11) is 0. The van der Waals surface area contributed by atoms with Crippen molar-refractivity contribution in [2.45, 2.75) is 0 Å². The molecule has 0 saturated heterocycles. The average molecular weight is 437 g/mol. The van der Waals surface area contributed by atoms with Gasteiger partial charge < -0.3 is 4.74 Å². The smallest absolute Gasteiger partial charge is 0.410 e. The quantitative estimate of drug-likeness (QED) is 0.240. The van der Waals surface area contributed by atoms with E-state index in [9.17, 15) is 14.0 Å². The summed E-state index contributed by atoms with van der Waals surface area (Å²) in [5.41, 5.74) is 2.51. The molecule has 0 fully saturated rings. The van der Waals surface area contributed by atoms with Gasteiger partial charge in [0.2, 0.25) is 0 Å². The van der Waals surface area contributed by atoms with Gasteiger partial charge in [0, 0.05) is 5.56 Å². The average Bonchev–Trinajstić information content (AvgIpc) is 2.85. The van der Waals surface area contributed by atoms with Gasteiger partial charge in [-0.15, -0.1) is 0 Å². The molecule has 0 radical (unpaired) electrons. The predicted molar refractivity (Wildman–Crippen MR) is 127 cm³/mol. The van der Waals surface area contributed by atoms with Crippen LogP contribution >= 0.6 is 0 Å². The molecule has 0 aliphatic carbocycles. The number of hydrogen-bond acceptors (Lipinski definition) is 3. The molecule has 0 aliphatic heterocycles. The minimum Gasteiger partial charge on any atom is -0.410 e. The number of amides is 1. The SMILES string of the molecule is O=C(C=Cc1ccc(F)cc1)c1ccc(OC(=O)N(c2ccccc2)c2ccccc2)cc1. The molecule has 0 bridgehead atoms. The monoisotopic (exact) mass is 437 g/mol. The summed E-state index contributed by atoms with van der Waals surface area (Å²) in [4.78, 5) is 26.9. The fourth-order valence-corrected chi connectivity index (χ4v) is 3.19. The van der Waals surface area contributed by atoms with E-state index in [4.69, 9.17) is 4.74 Å². The zero-order valence-corrected chi connectivity index (χ0v) is 17.6. The number of hydrogen-bond donors (Lipinski definition) is 0. The van der Waals surface area contributed by atoms with Crippen LogP contribution in [-0.4, -0.2) is 11.9 Å². The Morgan fingerprint density at radius 1 is 0.697 bits per heavy atom. The van der Waals surface area contributed by atoms with E-state index in [0.717, 1.165) is 5.56 Å². The summed E-state index contributed by atoms with van der Waals surface area (Å²) < 4.78 is 18.6. The highest BCUT2D eigenvalue weighted by molar-refractivity contribution is 6.07. The van der Waals surface area contributed by atoms with Crippen molar-refractivity contribution in [1.29, 1.82) is 0 Å². The highest BCUT2D eigenvalue weighted by atomic mass is 19.1. The number of para-hydroxylation sites is 2. The first-order chi connectivity index (χ1) is 16.1. The van der Waals surface area contributed by atoms with Crippen LogP contribution in [0.25, 0.3) is 6.08 Å². The van der Waals surface area contributed by atoms with E-state index in [2.05, 4.69) is 0 Å². The van der Waals surface area contributed by atoms with Gasteiger partial charge in [-0.2, -0.15) is 0 Å². The number of carbonyl (C=O) groups excluding carboxylic acids is 2. The van der Waals surface area contributed by atoms with Crippen LogP contribution in [-0.2, 0) is 0 Å². The van der Waals surface area contributed by atoms with Crippen molar-refractivity contribution in [2.75, 3.05) is 4.90 Å². The second kappa shape index (κ2) is 10.2. The number of carbonyl (C=O) groups is 2. The maximum absolute atomic E-state index is 13.0. The predicted octanol–water partition coefficient (Wildman–Crippen LogP) is 7.06. The first-order valence-electron chi connectivity index (χ1n) is 10.3. The van der Waals surface area contributed by atoms with Gasteiger partial charge in [-0.05, 0) is 72.3 Å². The Labute approximate surface area is 191 Å². The number of ketones is 1. The number of ether oxygens (including phenoxy) is 1. The van der Waals surface area contributed by atoms with Gasteiger partial charge >= 0.3 is 6.09 Å². The maximum atomic E-state index is 13.0. The lowest BCUT2D eigenvalue weighted by atomic mass is 10.1. The van der Waals surface area contributed by atoms with Crippen LogP contribution in [0.1, 0.15) is 15.9 Å². The molecular weight excluding hydrogens is 417 g/mol. The van der Waals surface area contributed by atoms with E-state index in [1.807, 2.05) is 60.7 Å². The zero-order chi connectivity index (χ0) is 23.0. The van der Waals surface area contributed by atoms with E-state index < -0.39 is 6.09 Å². The third-order valence-corrected chi connectivity index (χ3v) is 4.85. The number of nitrogens with zero attached hydrogens (tertiary/aromatic N) is 1. The molecule has 5 heteroatoms. The Morgan fingerprint density at radius 3 is 1.79 bits per heavy atom. The Bertz CT molecular complexity index is 1210. The van der Waals surface area contributed by atoms with Gasteiger partial charge in [-0.1, -0.05) is 54.6 Å². The molecule has 1 amide bonds. The van der Waals surface area contributed by atoms with Gasteiger partial charge in [-0.25, -0.2) is 14.1 Å². The van der Waals surface area contributed by atoms with Crippen molar-refractivity contribution in [3.63, 3.8) is 0 Å². The molecule has 4 aromatic rings. The van der Waals surface area contributed by atoms with Crippen molar-refractivity contribution in [2.24, 2.45) is 0 Å². The summed E-state index contributed by atoms with van der Waals surface area (Å²) in [5.74, 6) is -0.231. The van der Waals surface area contributed by atoms with E-state index in [0.29, 0.717) is 22.7 Å². The van der Waals surface area contributed by atoms with Gasteiger partial charge in [0.05, 0.1) is 11.4 Å². The van der Waals surface area contributed by atoms with E-state index in [-0.39, 0.29) is 11.6 Å². The second-order valence-corrected chi connectivity index (χ2v) is 7.15. The minimum absolute atomic E-state index is 0.215. The maximum Gasteiger partial charge on any atom is 0.424 e. The van der Waals surface area contributed by atoms with Crippen LogP contribution in [0, 0.1) is 5.82 Å². The first kappa shape index (κ1) is 21.7. The fourth-order valence-electron chi connectivity index (χ4n) is 3.19. The van der Waals surface area contributed by atoms with Gasteiger partial charge in [0.25, 0.3) is 0 Å². The summed E-state index contributed by atoms with van der Waals surface area (Å²) in [6.07, 6.45) is 2.47. The highest BCUT2D eigenvalue weighted by Gasteiger charge is 2.20. The van der Waals surface area contributed by atoms with E-state index in [1.54, 1.807) is 42.5 Å². The highest BCUT2D eigenvalue weighted by Crippen LogP contribution is 2.26. The fraction of sp³-hybridized carbons (Fsp3) is 0. The summed E-state index contributed by atoms with van der Waals surface area (Å²) in [6, 6.07) is 30.6. The molecule has 0 atom stereocenters. The van der Waals surface area contributed by atoms with Crippen LogP contribution in [0.4, 0.5) is 20.6 Å². The summed E-state index contributed by atoms with van der Waals surface area (Å²) >= 11 is 0. The standard InChI is InChI=1S/C28H20FNO3/c29-23-16-11-21(12-17-23)13-20-27(31)22-14-18-26(19-15-22)33-28(32)30(24-7-3-1-4-8-24)25-9-5-2-6-10-25/h1-20H. The zero-order valence-electron chi connectivity index (χ0n) is 17.6. The van der Waals surface area contributed by atoms with Crippen LogP contribution in [0.5, 0.6) is 5.75 Å². The van der Waals surface area contributed by atoms with Crippen molar-refractivity contribution in [1.82, 2.24) is 0 Å². The normalized spacial score (nSPS) is 10.7. The van der Waals surface area contributed by atoms with E-state index in [1.165, 1.54) is 23.1 Å². The molecular formula is C28H20FNO3. The molecule has 0 aromatic heterocycles. The number of benzene rings is 4.